The third kappa shape index (κ3) is 4.20. The Balaban J connectivity index is 2.24. The standard InChI is InChI=1S/C18H23ClN4O2/c1-5-10-22(11-16(24)20-4)18(25)14-6-8-15(9-7-14)23-13(3)17(19)12(2)21-23/h6-9H,5,10-11H2,1-4H3,(H,20,24). The van der Waals surface area contributed by atoms with Gasteiger partial charge in [-0.15, -0.1) is 0 Å². The van der Waals surface area contributed by atoms with E-state index in [-0.39, 0.29) is 18.4 Å². The molecule has 0 aliphatic heterocycles. The van der Waals surface area contributed by atoms with Crippen molar-refractivity contribution >= 4 is 23.4 Å². The molecule has 1 heterocycles. The van der Waals surface area contributed by atoms with Crippen molar-refractivity contribution in [3.05, 3.63) is 46.2 Å². The van der Waals surface area contributed by atoms with Gasteiger partial charge in [0, 0.05) is 19.2 Å². The molecule has 0 spiro atoms. The van der Waals surface area contributed by atoms with E-state index in [1.165, 1.54) is 0 Å². The van der Waals surface area contributed by atoms with Gasteiger partial charge in [-0.3, -0.25) is 9.59 Å². The lowest BCUT2D eigenvalue weighted by Crippen LogP contribution is -2.40. The number of hydrogen-bond donors (Lipinski definition) is 1. The molecule has 0 radical (unpaired) electrons. The van der Waals surface area contributed by atoms with Crippen LogP contribution in [0.1, 0.15) is 35.1 Å². The second kappa shape index (κ2) is 8.16. The van der Waals surface area contributed by atoms with Crippen molar-refractivity contribution in [1.82, 2.24) is 20.0 Å². The highest BCUT2D eigenvalue weighted by atomic mass is 35.5. The van der Waals surface area contributed by atoms with E-state index in [9.17, 15) is 9.59 Å². The van der Waals surface area contributed by atoms with Crippen LogP contribution >= 0.6 is 11.6 Å². The number of nitrogens with zero attached hydrogens (tertiary/aromatic N) is 3. The lowest BCUT2D eigenvalue weighted by atomic mass is 10.1. The quantitative estimate of drug-likeness (QED) is 0.859. The van der Waals surface area contributed by atoms with Gasteiger partial charge in [-0.25, -0.2) is 4.68 Å². The van der Waals surface area contributed by atoms with Crippen molar-refractivity contribution < 1.29 is 9.59 Å². The number of likely N-dealkylation sites (N-methyl/N-ethyl adjacent to an activating group) is 1. The van der Waals surface area contributed by atoms with Crippen LogP contribution in [-0.4, -0.2) is 46.6 Å². The number of aromatic nitrogens is 2. The summed E-state index contributed by atoms with van der Waals surface area (Å²) in [6.45, 7) is 6.30. The van der Waals surface area contributed by atoms with Crippen LogP contribution in [0.15, 0.2) is 24.3 Å². The van der Waals surface area contributed by atoms with Crippen molar-refractivity contribution in [2.75, 3.05) is 20.1 Å². The first-order valence-corrected chi connectivity index (χ1v) is 8.58. The molecule has 2 rings (SSSR count). The van der Waals surface area contributed by atoms with Gasteiger partial charge in [0.1, 0.15) is 0 Å². The Labute approximate surface area is 152 Å². The van der Waals surface area contributed by atoms with Crippen molar-refractivity contribution in [2.45, 2.75) is 27.2 Å². The number of benzene rings is 1. The first-order chi connectivity index (χ1) is 11.9. The number of halogens is 1. The fourth-order valence-electron chi connectivity index (χ4n) is 2.58. The van der Waals surface area contributed by atoms with E-state index in [0.717, 1.165) is 23.5 Å². The van der Waals surface area contributed by atoms with Crippen LogP contribution in [0.2, 0.25) is 5.02 Å². The monoisotopic (exact) mass is 362 g/mol. The van der Waals surface area contributed by atoms with Crippen LogP contribution in [0.3, 0.4) is 0 Å². The molecule has 7 heteroatoms. The normalized spacial score (nSPS) is 10.6. The maximum absolute atomic E-state index is 12.7. The molecule has 0 aliphatic carbocycles. The predicted octanol–water partition coefficient (Wildman–Crippen LogP) is 2.74. The van der Waals surface area contributed by atoms with Crippen LogP contribution in [-0.2, 0) is 4.79 Å². The molecule has 0 unspecified atom stereocenters. The Kier molecular flexibility index (Phi) is 6.20. The molecule has 1 aromatic heterocycles. The van der Waals surface area contributed by atoms with Crippen molar-refractivity contribution in [3.63, 3.8) is 0 Å². The van der Waals surface area contributed by atoms with Gasteiger partial charge in [-0.2, -0.15) is 5.10 Å². The molecule has 25 heavy (non-hydrogen) atoms. The fourth-order valence-corrected chi connectivity index (χ4v) is 2.70. The molecule has 134 valence electrons. The largest absolute Gasteiger partial charge is 0.358 e. The summed E-state index contributed by atoms with van der Waals surface area (Å²) in [6.07, 6.45) is 0.783. The Morgan fingerprint density at radius 3 is 2.36 bits per heavy atom. The summed E-state index contributed by atoms with van der Waals surface area (Å²) in [4.78, 5) is 25.8. The molecule has 2 aromatic rings. The van der Waals surface area contributed by atoms with E-state index in [1.807, 2.05) is 32.9 Å². The van der Waals surface area contributed by atoms with Gasteiger partial charge >= 0.3 is 0 Å². The molecule has 0 fully saturated rings. The fraction of sp³-hybridized carbons (Fsp3) is 0.389. The predicted molar refractivity (Wildman–Crippen MR) is 98.3 cm³/mol. The van der Waals surface area contributed by atoms with Crippen molar-refractivity contribution in [3.8, 4) is 5.69 Å². The minimum Gasteiger partial charge on any atom is -0.358 e. The number of nitrogens with one attached hydrogen (secondary N) is 1. The summed E-state index contributed by atoms with van der Waals surface area (Å²) in [5.74, 6) is -0.348. The number of amides is 2. The molecule has 1 aromatic carbocycles. The average Bonchev–Trinajstić information content (AvgIpc) is 2.88. The van der Waals surface area contributed by atoms with Gasteiger partial charge in [0.05, 0.1) is 28.6 Å². The number of carbonyl (C=O) groups excluding carboxylic acids is 2. The summed E-state index contributed by atoms with van der Waals surface area (Å²) in [7, 11) is 1.56. The number of rotatable bonds is 6. The third-order valence-electron chi connectivity index (χ3n) is 3.96. The third-order valence-corrected chi connectivity index (χ3v) is 4.50. The van der Waals surface area contributed by atoms with Crippen molar-refractivity contribution in [2.24, 2.45) is 0 Å². The minimum absolute atomic E-state index is 0.0536. The van der Waals surface area contributed by atoms with E-state index in [2.05, 4.69) is 10.4 Å². The van der Waals surface area contributed by atoms with Gasteiger partial charge in [-0.05, 0) is 44.5 Å². The maximum Gasteiger partial charge on any atom is 0.254 e. The van der Waals surface area contributed by atoms with E-state index in [0.29, 0.717) is 17.1 Å². The smallest absolute Gasteiger partial charge is 0.254 e. The average molecular weight is 363 g/mol. The van der Waals surface area contributed by atoms with E-state index in [1.54, 1.807) is 28.8 Å². The Hall–Kier alpha value is -2.34. The van der Waals surface area contributed by atoms with Gasteiger partial charge in [0.15, 0.2) is 0 Å². The first-order valence-electron chi connectivity index (χ1n) is 8.21. The van der Waals surface area contributed by atoms with Gasteiger partial charge < -0.3 is 10.2 Å². The molecule has 1 N–H and O–H groups in total. The molecule has 2 amide bonds. The number of carbonyl (C=O) groups is 2. The van der Waals surface area contributed by atoms with Crippen LogP contribution in [0.25, 0.3) is 5.69 Å². The highest BCUT2D eigenvalue weighted by molar-refractivity contribution is 6.31. The summed E-state index contributed by atoms with van der Waals surface area (Å²) in [5.41, 5.74) is 2.98. The first kappa shape index (κ1) is 19.0. The lowest BCUT2D eigenvalue weighted by Gasteiger charge is -2.21. The zero-order valence-electron chi connectivity index (χ0n) is 15.0. The van der Waals surface area contributed by atoms with E-state index < -0.39 is 0 Å². The Morgan fingerprint density at radius 2 is 1.88 bits per heavy atom. The van der Waals surface area contributed by atoms with Crippen LogP contribution in [0.4, 0.5) is 0 Å². The van der Waals surface area contributed by atoms with Crippen LogP contribution in [0, 0.1) is 13.8 Å². The zero-order chi connectivity index (χ0) is 18.6. The zero-order valence-corrected chi connectivity index (χ0v) is 15.7. The Morgan fingerprint density at radius 1 is 1.24 bits per heavy atom. The SMILES string of the molecule is CCCN(CC(=O)NC)C(=O)c1ccc(-n2nc(C)c(Cl)c2C)cc1. The molecule has 0 saturated carbocycles. The maximum atomic E-state index is 12.7. The second-order valence-corrected chi connectivity index (χ2v) is 6.22. The molecule has 0 bridgehead atoms. The summed E-state index contributed by atoms with van der Waals surface area (Å²) >= 11 is 6.19. The second-order valence-electron chi connectivity index (χ2n) is 5.84. The molecule has 0 saturated heterocycles. The van der Waals surface area contributed by atoms with E-state index in [4.69, 9.17) is 11.6 Å². The molecule has 0 aliphatic rings. The van der Waals surface area contributed by atoms with E-state index >= 15 is 0 Å². The summed E-state index contributed by atoms with van der Waals surface area (Å²) in [5, 5.41) is 7.59. The van der Waals surface area contributed by atoms with Gasteiger partial charge in [0.25, 0.3) is 5.91 Å². The van der Waals surface area contributed by atoms with Gasteiger partial charge in [0.2, 0.25) is 5.91 Å². The molecular weight excluding hydrogens is 340 g/mol. The number of hydrogen-bond acceptors (Lipinski definition) is 3. The topological polar surface area (TPSA) is 67.2 Å². The van der Waals surface area contributed by atoms with Crippen LogP contribution in [0.5, 0.6) is 0 Å². The summed E-state index contributed by atoms with van der Waals surface area (Å²) < 4.78 is 1.75. The number of aryl methyl sites for hydroxylation is 1. The molecule has 6 nitrogen and oxygen atoms in total. The lowest BCUT2D eigenvalue weighted by molar-refractivity contribution is -0.121. The van der Waals surface area contributed by atoms with Crippen LogP contribution < -0.4 is 5.32 Å². The molecule has 0 atom stereocenters. The summed E-state index contributed by atoms with van der Waals surface area (Å²) in [6, 6.07) is 7.14. The highest BCUT2D eigenvalue weighted by Crippen LogP contribution is 2.22. The minimum atomic E-state index is -0.185. The highest BCUT2D eigenvalue weighted by Gasteiger charge is 2.18. The Bertz CT molecular complexity index is 768. The molecular formula is C18H23ClN4O2. The van der Waals surface area contributed by atoms with Gasteiger partial charge in [-0.1, -0.05) is 18.5 Å². The van der Waals surface area contributed by atoms with Crippen molar-refractivity contribution in [1.29, 1.82) is 0 Å².